The van der Waals surface area contributed by atoms with Crippen LogP contribution in [-0.4, -0.2) is 24.0 Å². The number of benzene rings is 1. The fourth-order valence-electron chi connectivity index (χ4n) is 0.830. The van der Waals surface area contributed by atoms with E-state index in [9.17, 15) is 13.2 Å². The second-order valence-electron chi connectivity index (χ2n) is 2.46. The lowest BCUT2D eigenvalue weighted by Crippen LogP contribution is -2.10. The third-order valence-corrected chi connectivity index (χ3v) is 1.87. The molecule has 0 radical (unpaired) electrons. The van der Waals surface area contributed by atoms with Crippen molar-refractivity contribution in [1.82, 2.24) is 0 Å². The molecule has 1 aromatic rings. The van der Waals surface area contributed by atoms with Gasteiger partial charge in [-0.05, 0) is 24.3 Å². The van der Waals surface area contributed by atoms with Gasteiger partial charge in [0.05, 0.1) is 11.3 Å². The van der Waals surface area contributed by atoms with E-state index >= 15 is 0 Å². The first-order chi connectivity index (χ1) is 6.38. The van der Waals surface area contributed by atoms with Gasteiger partial charge in [0, 0.05) is 0 Å². The van der Waals surface area contributed by atoms with E-state index in [0.29, 0.717) is 0 Å². The van der Waals surface area contributed by atoms with Crippen molar-refractivity contribution < 1.29 is 22.9 Å². The van der Waals surface area contributed by atoms with Crippen LogP contribution in [0.2, 0.25) is 0 Å². The van der Waals surface area contributed by atoms with E-state index in [0.717, 1.165) is 0 Å². The summed E-state index contributed by atoms with van der Waals surface area (Å²) in [5.41, 5.74) is 0.128. The fraction of sp³-hybridized carbons (Fsp3) is 0. The summed E-state index contributed by atoms with van der Waals surface area (Å²) in [7, 11) is -4.31. The van der Waals surface area contributed by atoms with Crippen molar-refractivity contribution in [2.24, 2.45) is 0 Å². The van der Waals surface area contributed by atoms with Crippen molar-refractivity contribution >= 4 is 22.0 Å². The van der Waals surface area contributed by atoms with Gasteiger partial charge >= 0.3 is 16.3 Å². The van der Waals surface area contributed by atoms with Gasteiger partial charge in [-0.3, -0.25) is 9.27 Å². The molecule has 0 fully saturated rings. The molecule has 0 saturated carbocycles. The zero-order valence-corrected chi connectivity index (χ0v) is 7.65. The highest BCUT2D eigenvalue weighted by Gasteiger charge is 2.05. The van der Waals surface area contributed by atoms with Gasteiger partial charge in [-0.25, -0.2) is 4.79 Å². The topological polar surface area (TPSA) is 104 Å². The molecule has 0 bridgehead atoms. The van der Waals surface area contributed by atoms with Crippen molar-refractivity contribution in [3.05, 3.63) is 29.8 Å². The first-order valence-electron chi connectivity index (χ1n) is 3.47. The zero-order chi connectivity index (χ0) is 10.8. The molecule has 0 spiro atoms. The minimum atomic E-state index is -4.31. The van der Waals surface area contributed by atoms with Gasteiger partial charge in [-0.1, -0.05) is 0 Å². The summed E-state index contributed by atoms with van der Waals surface area (Å²) >= 11 is 0. The van der Waals surface area contributed by atoms with Crippen LogP contribution in [0.15, 0.2) is 24.3 Å². The number of rotatable bonds is 3. The predicted octanol–water partition coefficient (Wildman–Crippen LogP) is 0.600. The molecule has 3 N–H and O–H groups in total. The van der Waals surface area contributed by atoms with Crippen LogP contribution >= 0.6 is 0 Å². The van der Waals surface area contributed by atoms with Gasteiger partial charge < -0.3 is 5.11 Å². The molecule has 1 aromatic carbocycles. The van der Waals surface area contributed by atoms with Crippen LogP contribution in [0.1, 0.15) is 10.4 Å². The van der Waals surface area contributed by atoms with Crippen molar-refractivity contribution in [1.29, 1.82) is 0 Å². The molecule has 0 aromatic heterocycles. The fourth-order valence-corrected chi connectivity index (χ4v) is 1.26. The van der Waals surface area contributed by atoms with Crippen LogP contribution in [0.25, 0.3) is 0 Å². The molecule has 0 atom stereocenters. The maximum atomic E-state index is 10.4. The van der Waals surface area contributed by atoms with E-state index in [1.807, 2.05) is 0 Å². The normalized spacial score (nSPS) is 10.9. The SMILES string of the molecule is O=C(O)c1ccc(NS(=O)(=O)O)cc1. The van der Waals surface area contributed by atoms with Gasteiger partial charge in [0.2, 0.25) is 0 Å². The Labute approximate surface area is 80.1 Å². The predicted molar refractivity (Wildman–Crippen MR) is 48.6 cm³/mol. The average Bonchev–Trinajstić information content (AvgIpc) is 2.02. The maximum Gasteiger partial charge on any atom is 0.357 e. The summed E-state index contributed by atoms with van der Waals surface area (Å²) in [5, 5.41) is 8.52. The van der Waals surface area contributed by atoms with Crippen LogP contribution in [0.4, 0.5) is 5.69 Å². The maximum absolute atomic E-state index is 10.4. The number of carbonyl (C=O) groups is 1. The summed E-state index contributed by atoms with van der Waals surface area (Å²) in [5.74, 6) is -1.11. The van der Waals surface area contributed by atoms with Crippen molar-refractivity contribution in [3.63, 3.8) is 0 Å². The lowest BCUT2D eigenvalue weighted by Gasteiger charge is -2.01. The van der Waals surface area contributed by atoms with Crippen molar-refractivity contribution in [2.75, 3.05) is 4.72 Å². The average molecular weight is 217 g/mol. The van der Waals surface area contributed by atoms with Crippen LogP contribution in [0, 0.1) is 0 Å². The van der Waals surface area contributed by atoms with Crippen LogP contribution in [0.5, 0.6) is 0 Å². The number of anilines is 1. The molecule has 7 heteroatoms. The Bertz CT molecular complexity index is 436. The van der Waals surface area contributed by atoms with Gasteiger partial charge in [0.25, 0.3) is 0 Å². The molecular formula is C7H7NO5S. The van der Waals surface area contributed by atoms with Crippen LogP contribution < -0.4 is 4.72 Å². The zero-order valence-electron chi connectivity index (χ0n) is 6.84. The number of aromatic carboxylic acids is 1. The highest BCUT2D eigenvalue weighted by molar-refractivity contribution is 7.87. The number of nitrogens with one attached hydrogen (secondary N) is 1. The third-order valence-electron chi connectivity index (χ3n) is 1.38. The van der Waals surface area contributed by atoms with Crippen molar-refractivity contribution in [3.8, 4) is 0 Å². The van der Waals surface area contributed by atoms with E-state index in [1.54, 1.807) is 4.72 Å². The number of carboxylic acid groups (broad SMARTS) is 1. The first-order valence-corrected chi connectivity index (χ1v) is 4.91. The highest BCUT2D eigenvalue weighted by atomic mass is 32.2. The third kappa shape index (κ3) is 3.04. The second-order valence-corrected chi connectivity index (χ2v) is 3.61. The van der Waals surface area contributed by atoms with Crippen LogP contribution in [-0.2, 0) is 10.3 Å². The summed E-state index contributed by atoms with van der Waals surface area (Å²) in [6, 6.07) is 4.90. The molecular weight excluding hydrogens is 210 g/mol. The number of hydrogen-bond acceptors (Lipinski definition) is 3. The van der Waals surface area contributed by atoms with Gasteiger partial charge in [0.1, 0.15) is 0 Å². The van der Waals surface area contributed by atoms with Crippen molar-refractivity contribution in [2.45, 2.75) is 0 Å². The van der Waals surface area contributed by atoms with E-state index < -0.39 is 16.3 Å². The first kappa shape index (κ1) is 10.5. The monoisotopic (exact) mass is 217 g/mol. The molecule has 14 heavy (non-hydrogen) atoms. The molecule has 0 amide bonds. The van der Waals surface area contributed by atoms with E-state index in [-0.39, 0.29) is 11.3 Å². The van der Waals surface area contributed by atoms with Gasteiger partial charge in [0.15, 0.2) is 0 Å². The highest BCUT2D eigenvalue weighted by Crippen LogP contribution is 2.10. The molecule has 0 aliphatic rings. The molecule has 1 rings (SSSR count). The Balaban J connectivity index is 2.90. The van der Waals surface area contributed by atoms with E-state index in [4.69, 9.17) is 9.66 Å². The number of hydrogen-bond donors (Lipinski definition) is 3. The lowest BCUT2D eigenvalue weighted by molar-refractivity contribution is 0.0697. The summed E-state index contributed by atoms with van der Waals surface area (Å²) in [6.45, 7) is 0. The molecule has 6 nitrogen and oxygen atoms in total. The molecule has 0 unspecified atom stereocenters. The Morgan fingerprint density at radius 1 is 1.21 bits per heavy atom. The molecule has 76 valence electrons. The molecule has 0 saturated heterocycles. The Kier molecular flexibility index (Phi) is 2.73. The Morgan fingerprint density at radius 3 is 2.07 bits per heavy atom. The van der Waals surface area contributed by atoms with Gasteiger partial charge in [-0.15, -0.1) is 0 Å². The molecule has 0 heterocycles. The minimum Gasteiger partial charge on any atom is -0.478 e. The molecule has 0 aliphatic carbocycles. The smallest absolute Gasteiger partial charge is 0.357 e. The summed E-state index contributed by atoms with van der Waals surface area (Å²) < 4.78 is 30.9. The second kappa shape index (κ2) is 3.64. The quantitative estimate of drug-likeness (QED) is 0.643. The Hall–Kier alpha value is -1.60. The largest absolute Gasteiger partial charge is 0.478 e. The summed E-state index contributed by atoms with van der Waals surface area (Å²) in [4.78, 5) is 10.4. The van der Waals surface area contributed by atoms with Gasteiger partial charge in [-0.2, -0.15) is 8.42 Å². The number of carboxylic acids is 1. The Morgan fingerprint density at radius 2 is 1.71 bits per heavy atom. The summed E-state index contributed by atoms with van der Waals surface area (Å²) in [6.07, 6.45) is 0. The lowest BCUT2D eigenvalue weighted by atomic mass is 10.2. The van der Waals surface area contributed by atoms with Crippen LogP contribution in [0.3, 0.4) is 0 Å². The van der Waals surface area contributed by atoms with E-state index in [1.165, 1.54) is 24.3 Å². The molecule has 0 aliphatic heterocycles. The minimum absolute atomic E-state index is 0.0332. The van der Waals surface area contributed by atoms with E-state index in [2.05, 4.69) is 0 Å². The standard InChI is InChI=1S/C7H7NO5S/c9-7(10)5-1-3-6(4-2-5)8-14(11,12)13/h1-4,8H,(H,9,10)(H,11,12,13).